The summed E-state index contributed by atoms with van der Waals surface area (Å²) < 4.78 is 24.7. The molecule has 7 heteroatoms. The molecule has 0 unspecified atom stereocenters. The van der Waals surface area contributed by atoms with Gasteiger partial charge in [0.05, 0.1) is 17.3 Å². The summed E-state index contributed by atoms with van der Waals surface area (Å²) in [5, 5.41) is 0.546. The molecule has 1 aromatic heterocycles. The van der Waals surface area contributed by atoms with Crippen molar-refractivity contribution in [3.8, 4) is 5.75 Å². The maximum absolute atomic E-state index is 12.8. The van der Waals surface area contributed by atoms with Crippen LogP contribution in [-0.4, -0.2) is 28.7 Å². The van der Waals surface area contributed by atoms with Gasteiger partial charge in [-0.05, 0) is 36.4 Å². The number of carbonyl (C=O) groups is 1. The average Bonchev–Trinajstić information content (AvgIpc) is 2.68. The van der Waals surface area contributed by atoms with E-state index in [1.807, 2.05) is 6.07 Å². The van der Waals surface area contributed by atoms with Gasteiger partial charge in [-0.2, -0.15) is 0 Å². The van der Waals surface area contributed by atoms with Crippen molar-refractivity contribution in [2.75, 3.05) is 13.2 Å². The summed E-state index contributed by atoms with van der Waals surface area (Å²) in [6.45, 7) is 0.254. The zero-order valence-electron chi connectivity index (χ0n) is 14.9. The van der Waals surface area contributed by atoms with Crippen molar-refractivity contribution < 1.29 is 18.7 Å². The largest absolute Gasteiger partial charge is 0.490 e. The van der Waals surface area contributed by atoms with E-state index in [0.29, 0.717) is 28.9 Å². The van der Waals surface area contributed by atoms with Crippen molar-refractivity contribution in [1.29, 1.82) is 0 Å². The lowest BCUT2D eigenvalue weighted by molar-refractivity contribution is -0.144. The van der Waals surface area contributed by atoms with Gasteiger partial charge in [-0.1, -0.05) is 12.1 Å². The molecule has 1 heterocycles. The summed E-state index contributed by atoms with van der Waals surface area (Å²) in [7, 11) is 1.64. The van der Waals surface area contributed by atoms with E-state index in [9.17, 15) is 14.0 Å². The van der Waals surface area contributed by atoms with E-state index in [4.69, 9.17) is 9.47 Å². The highest BCUT2D eigenvalue weighted by Crippen LogP contribution is 2.11. The fraction of sp³-hybridized carbons (Fsp3) is 0.250. The minimum Gasteiger partial charge on any atom is -0.490 e. The number of hydrogen-bond acceptors (Lipinski definition) is 5. The number of aryl methyl sites for hydroxylation is 1. The molecule has 6 nitrogen and oxygen atoms in total. The van der Waals surface area contributed by atoms with E-state index in [2.05, 4.69) is 4.98 Å². The molecule has 0 aliphatic heterocycles. The summed E-state index contributed by atoms with van der Waals surface area (Å²) >= 11 is 0. The lowest BCUT2D eigenvalue weighted by Gasteiger charge is -2.10. The molecular formula is C20H19FN2O4. The van der Waals surface area contributed by atoms with Crippen molar-refractivity contribution in [3.05, 3.63) is 70.5 Å². The van der Waals surface area contributed by atoms with Crippen LogP contribution in [0.5, 0.6) is 5.75 Å². The van der Waals surface area contributed by atoms with Crippen molar-refractivity contribution >= 4 is 16.9 Å². The SMILES string of the molecule is Cn1c(CCC(=O)OCCOc2ccc(F)cc2)nc2ccccc2c1=O. The van der Waals surface area contributed by atoms with Gasteiger partial charge in [0.15, 0.2) is 0 Å². The molecule has 3 rings (SSSR count). The van der Waals surface area contributed by atoms with Crippen LogP contribution in [0.2, 0.25) is 0 Å². The van der Waals surface area contributed by atoms with Gasteiger partial charge in [-0.3, -0.25) is 14.2 Å². The minimum atomic E-state index is -0.403. The fourth-order valence-electron chi connectivity index (χ4n) is 2.62. The number of hydrogen-bond donors (Lipinski definition) is 0. The van der Waals surface area contributed by atoms with Crippen LogP contribution in [0.1, 0.15) is 12.2 Å². The minimum absolute atomic E-state index is 0.0836. The van der Waals surface area contributed by atoms with Crippen LogP contribution in [0.3, 0.4) is 0 Å². The topological polar surface area (TPSA) is 70.4 Å². The number of aromatic nitrogens is 2. The molecule has 0 saturated carbocycles. The molecule has 140 valence electrons. The van der Waals surface area contributed by atoms with Gasteiger partial charge in [-0.15, -0.1) is 0 Å². The molecule has 0 amide bonds. The van der Waals surface area contributed by atoms with E-state index >= 15 is 0 Å². The molecule has 0 radical (unpaired) electrons. The van der Waals surface area contributed by atoms with Crippen LogP contribution in [0.25, 0.3) is 10.9 Å². The summed E-state index contributed by atoms with van der Waals surface area (Å²) in [5.41, 5.74) is 0.466. The van der Waals surface area contributed by atoms with Crippen LogP contribution in [0.4, 0.5) is 4.39 Å². The number of carbonyl (C=O) groups excluding carboxylic acids is 1. The second kappa shape index (κ2) is 8.44. The highest BCUT2D eigenvalue weighted by Gasteiger charge is 2.10. The van der Waals surface area contributed by atoms with Crippen molar-refractivity contribution in [1.82, 2.24) is 9.55 Å². The van der Waals surface area contributed by atoms with Crippen LogP contribution in [0.15, 0.2) is 53.3 Å². The normalized spacial score (nSPS) is 10.7. The third-order valence-electron chi connectivity index (χ3n) is 4.06. The standard InChI is InChI=1S/C20H19FN2O4/c1-23-18(22-17-5-3-2-4-16(17)20(23)25)10-11-19(24)27-13-12-26-15-8-6-14(21)7-9-15/h2-9H,10-13H2,1H3. The summed E-state index contributed by atoms with van der Waals surface area (Å²) in [6, 6.07) is 12.7. The van der Waals surface area contributed by atoms with Gasteiger partial charge in [0.1, 0.15) is 30.6 Å². The van der Waals surface area contributed by atoms with Crippen molar-refractivity contribution in [3.63, 3.8) is 0 Å². The molecule has 0 spiro atoms. The Hall–Kier alpha value is -3.22. The smallest absolute Gasteiger partial charge is 0.306 e. The molecule has 0 fully saturated rings. The molecule has 0 aliphatic rings. The average molecular weight is 370 g/mol. The number of benzene rings is 2. The first-order valence-electron chi connectivity index (χ1n) is 8.53. The molecule has 0 bridgehead atoms. The van der Waals surface area contributed by atoms with Gasteiger partial charge in [0.25, 0.3) is 5.56 Å². The van der Waals surface area contributed by atoms with Gasteiger partial charge < -0.3 is 9.47 Å². The summed E-state index contributed by atoms with van der Waals surface area (Å²) in [6.07, 6.45) is 0.406. The number of rotatable bonds is 7. The van der Waals surface area contributed by atoms with Crippen LogP contribution in [0, 0.1) is 5.82 Å². The number of halogens is 1. The molecule has 0 atom stereocenters. The zero-order valence-corrected chi connectivity index (χ0v) is 14.9. The third-order valence-corrected chi connectivity index (χ3v) is 4.06. The Labute approximate surface area is 155 Å². The maximum Gasteiger partial charge on any atom is 0.306 e. The van der Waals surface area contributed by atoms with Crippen LogP contribution >= 0.6 is 0 Å². The molecule has 3 aromatic rings. The quantitative estimate of drug-likeness (QED) is 0.472. The van der Waals surface area contributed by atoms with Crippen LogP contribution < -0.4 is 10.3 Å². The van der Waals surface area contributed by atoms with E-state index in [-0.39, 0.29) is 31.0 Å². The van der Waals surface area contributed by atoms with Gasteiger partial charge >= 0.3 is 5.97 Å². The first kappa shape index (κ1) is 18.6. The third kappa shape index (κ3) is 4.69. The lowest BCUT2D eigenvalue weighted by Crippen LogP contribution is -2.23. The molecular weight excluding hydrogens is 351 g/mol. The molecule has 27 heavy (non-hydrogen) atoms. The van der Waals surface area contributed by atoms with Crippen LogP contribution in [-0.2, 0) is 23.0 Å². The highest BCUT2D eigenvalue weighted by molar-refractivity contribution is 5.77. The molecule has 2 aromatic carbocycles. The number of nitrogens with zero attached hydrogens (tertiary/aromatic N) is 2. The van der Waals surface area contributed by atoms with E-state index in [1.54, 1.807) is 25.2 Å². The highest BCUT2D eigenvalue weighted by atomic mass is 19.1. The summed E-state index contributed by atoms with van der Waals surface area (Å²) in [4.78, 5) is 28.7. The molecule has 0 saturated heterocycles. The predicted molar refractivity (Wildman–Crippen MR) is 98.2 cm³/mol. The number of para-hydroxylation sites is 1. The monoisotopic (exact) mass is 370 g/mol. The van der Waals surface area contributed by atoms with Gasteiger partial charge in [0.2, 0.25) is 0 Å². The lowest BCUT2D eigenvalue weighted by atomic mass is 10.2. The van der Waals surface area contributed by atoms with Gasteiger partial charge in [0, 0.05) is 13.5 Å². The van der Waals surface area contributed by atoms with Crippen molar-refractivity contribution in [2.24, 2.45) is 7.05 Å². The first-order valence-corrected chi connectivity index (χ1v) is 8.53. The summed E-state index contributed by atoms with van der Waals surface area (Å²) in [5.74, 6) is 0.284. The fourth-order valence-corrected chi connectivity index (χ4v) is 2.62. The Morgan fingerprint density at radius 2 is 1.85 bits per heavy atom. The molecule has 0 aliphatic carbocycles. The van der Waals surface area contributed by atoms with Gasteiger partial charge in [-0.25, -0.2) is 9.37 Å². The second-order valence-corrected chi connectivity index (χ2v) is 5.93. The van der Waals surface area contributed by atoms with E-state index in [1.165, 1.54) is 28.8 Å². The Balaban J connectivity index is 1.49. The number of fused-ring (bicyclic) bond motifs is 1. The Bertz CT molecular complexity index is 999. The van der Waals surface area contributed by atoms with E-state index < -0.39 is 5.97 Å². The maximum atomic E-state index is 12.8. The Kier molecular flexibility index (Phi) is 5.80. The zero-order chi connectivity index (χ0) is 19.2. The Morgan fingerprint density at radius 1 is 1.11 bits per heavy atom. The van der Waals surface area contributed by atoms with Crippen molar-refractivity contribution in [2.45, 2.75) is 12.8 Å². The number of esters is 1. The predicted octanol–water partition coefficient (Wildman–Crippen LogP) is 2.63. The second-order valence-electron chi connectivity index (χ2n) is 5.93. The first-order chi connectivity index (χ1) is 13.0. The Morgan fingerprint density at radius 3 is 2.63 bits per heavy atom. The number of ether oxygens (including phenoxy) is 2. The van der Waals surface area contributed by atoms with E-state index in [0.717, 1.165) is 0 Å². The molecule has 0 N–H and O–H groups in total.